The predicted octanol–water partition coefficient (Wildman–Crippen LogP) is 3.73. The first-order valence-electron chi connectivity index (χ1n) is 6.27. The second-order valence-electron chi connectivity index (χ2n) is 4.38. The zero-order chi connectivity index (χ0) is 11.9. The van der Waals surface area contributed by atoms with Crippen molar-refractivity contribution in [3.63, 3.8) is 0 Å². The van der Waals surface area contributed by atoms with Gasteiger partial charge in [0.1, 0.15) is 6.10 Å². The molecule has 0 N–H and O–H groups in total. The fraction of sp³-hybridized carbons (Fsp3) is 0.400. The molecule has 1 aliphatic rings. The second kappa shape index (κ2) is 6.24. The Labute approximate surface area is 102 Å². The number of hydrogen-bond donors (Lipinski definition) is 0. The van der Waals surface area contributed by atoms with Crippen molar-refractivity contribution in [2.75, 3.05) is 0 Å². The molecule has 90 valence electrons. The normalized spacial score (nSPS) is 22.2. The monoisotopic (exact) mass is 230 g/mol. The third-order valence-corrected chi connectivity index (χ3v) is 3.00. The summed E-state index contributed by atoms with van der Waals surface area (Å²) in [5, 5.41) is 0. The number of benzene rings is 1. The Hall–Kier alpha value is -1.57. The van der Waals surface area contributed by atoms with Gasteiger partial charge in [0, 0.05) is 6.42 Å². The number of allylic oxidation sites excluding steroid dienone is 1. The number of carbonyl (C=O) groups excluding carboxylic acids is 1. The molecule has 0 aromatic heterocycles. The van der Waals surface area contributed by atoms with Gasteiger partial charge in [0.05, 0.1) is 5.56 Å². The van der Waals surface area contributed by atoms with Gasteiger partial charge in [0.15, 0.2) is 0 Å². The molecule has 1 atom stereocenters. The Bertz CT molecular complexity index is 381. The molecule has 0 bridgehead atoms. The van der Waals surface area contributed by atoms with E-state index < -0.39 is 0 Å². The van der Waals surface area contributed by atoms with Crippen LogP contribution in [0.15, 0.2) is 42.5 Å². The van der Waals surface area contributed by atoms with Crippen LogP contribution in [0.2, 0.25) is 0 Å². The van der Waals surface area contributed by atoms with Gasteiger partial charge >= 0.3 is 5.97 Å². The highest BCUT2D eigenvalue weighted by Gasteiger charge is 2.15. The van der Waals surface area contributed by atoms with Gasteiger partial charge in [-0.3, -0.25) is 0 Å². The molecule has 2 nitrogen and oxygen atoms in total. The lowest BCUT2D eigenvalue weighted by Gasteiger charge is -2.17. The quantitative estimate of drug-likeness (QED) is 0.571. The largest absolute Gasteiger partial charge is 0.458 e. The second-order valence-corrected chi connectivity index (χ2v) is 4.38. The molecule has 0 heterocycles. The highest BCUT2D eigenvalue weighted by molar-refractivity contribution is 5.89. The Morgan fingerprint density at radius 3 is 2.76 bits per heavy atom. The number of carbonyl (C=O) groups is 1. The Morgan fingerprint density at radius 2 is 1.94 bits per heavy atom. The maximum Gasteiger partial charge on any atom is 0.338 e. The van der Waals surface area contributed by atoms with Crippen molar-refractivity contribution in [1.82, 2.24) is 0 Å². The third-order valence-electron chi connectivity index (χ3n) is 3.00. The van der Waals surface area contributed by atoms with E-state index in [9.17, 15) is 4.79 Å². The predicted molar refractivity (Wildman–Crippen MR) is 67.9 cm³/mol. The van der Waals surface area contributed by atoms with Crippen LogP contribution in [0.3, 0.4) is 0 Å². The zero-order valence-electron chi connectivity index (χ0n) is 9.97. The topological polar surface area (TPSA) is 26.3 Å². The lowest BCUT2D eigenvalue weighted by Crippen LogP contribution is -2.18. The van der Waals surface area contributed by atoms with E-state index in [1.54, 1.807) is 12.1 Å². The fourth-order valence-corrected chi connectivity index (χ4v) is 2.02. The zero-order valence-corrected chi connectivity index (χ0v) is 9.97. The lowest BCUT2D eigenvalue weighted by atomic mass is 10.0. The summed E-state index contributed by atoms with van der Waals surface area (Å²) >= 11 is 0. The van der Waals surface area contributed by atoms with Crippen LogP contribution >= 0.6 is 0 Å². The van der Waals surface area contributed by atoms with Crippen LogP contribution in [-0.2, 0) is 4.74 Å². The SMILES string of the molecule is O=C(OC1C/C=C/CCCC1)c1ccccc1. The first-order valence-corrected chi connectivity index (χ1v) is 6.27. The van der Waals surface area contributed by atoms with E-state index >= 15 is 0 Å². The van der Waals surface area contributed by atoms with Crippen molar-refractivity contribution in [3.8, 4) is 0 Å². The lowest BCUT2D eigenvalue weighted by molar-refractivity contribution is 0.0281. The molecule has 1 unspecified atom stereocenters. The molecule has 1 aromatic rings. The molecule has 0 radical (unpaired) electrons. The van der Waals surface area contributed by atoms with Crippen LogP contribution in [0.25, 0.3) is 0 Å². The summed E-state index contributed by atoms with van der Waals surface area (Å²) in [5.41, 5.74) is 0.638. The molecular weight excluding hydrogens is 212 g/mol. The van der Waals surface area contributed by atoms with Crippen LogP contribution in [0.4, 0.5) is 0 Å². The van der Waals surface area contributed by atoms with E-state index in [0.717, 1.165) is 25.7 Å². The number of esters is 1. The summed E-state index contributed by atoms with van der Waals surface area (Å²) in [4.78, 5) is 11.9. The Balaban J connectivity index is 1.93. The van der Waals surface area contributed by atoms with Gasteiger partial charge < -0.3 is 4.74 Å². The van der Waals surface area contributed by atoms with Crippen LogP contribution in [0.5, 0.6) is 0 Å². The highest BCUT2D eigenvalue weighted by atomic mass is 16.5. The van der Waals surface area contributed by atoms with Crippen LogP contribution in [0, 0.1) is 0 Å². The average Bonchev–Trinajstić information content (AvgIpc) is 2.33. The van der Waals surface area contributed by atoms with Gasteiger partial charge in [-0.2, -0.15) is 0 Å². The van der Waals surface area contributed by atoms with Crippen LogP contribution in [0.1, 0.15) is 42.5 Å². The highest BCUT2D eigenvalue weighted by Crippen LogP contribution is 2.16. The van der Waals surface area contributed by atoms with Crippen LogP contribution < -0.4 is 0 Å². The summed E-state index contributed by atoms with van der Waals surface area (Å²) in [6.45, 7) is 0. The number of rotatable bonds is 2. The molecule has 0 saturated heterocycles. The van der Waals surface area contributed by atoms with Gasteiger partial charge in [0.2, 0.25) is 0 Å². The number of ether oxygens (including phenoxy) is 1. The minimum absolute atomic E-state index is 0.0410. The molecule has 0 saturated carbocycles. The molecule has 1 aliphatic carbocycles. The summed E-state index contributed by atoms with van der Waals surface area (Å²) < 4.78 is 5.52. The summed E-state index contributed by atoms with van der Waals surface area (Å²) in [7, 11) is 0. The first-order chi connectivity index (χ1) is 8.36. The van der Waals surface area contributed by atoms with Gasteiger partial charge in [-0.25, -0.2) is 4.79 Å². The minimum Gasteiger partial charge on any atom is -0.458 e. The van der Waals surface area contributed by atoms with Crippen molar-refractivity contribution in [1.29, 1.82) is 0 Å². The molecule has 0 amide bonds. The van der Waals surface area contributed by atoms with E-state index in [4.69, 9.17) is 4.74 Å². The van der Waals surface area contributed by atoms with E-state index in [0.29, 0.717) is 5.56 Å². The van der Waals surface area contributed by atoms with E-state index in [1.807, 2.05) is 18.2 Å². The average molecular weight is 230 g/mol. The van der Waals surface area contributed by atoms with Crippen molar-refractivity contribution < 1.29 is 9.53 Å². The molecular formula is C15H18O2. The Kier molecular flexibility index (Phi) is 4.37. The minimum atomic E-state index is -0.204. The maximum atomic E-state index is 11.9. The van der Waals surface area contributed by atoms with E-state index in [-0.39, 0.29) is 12.1 Å². The van der Waals surface area contributed by atoms with Gasteiger partial charge in [-0.05, 0) is 37.8 Å². The van der Waals surface area contributed by atoms with E-state index in [1.165, 1.54) is 6.42 Å². The maximum absolute atomic E-state index is 11.9. The molecule has 2 heteroatoms. The van der Waals surface area contributed by atoms with Crippen molar-refractivity contribution in [3.05, 3.63) is 48.0 Å². The molecule has 0 fully saturated rings. The van der Waals surface area contributed by atoms with Gasteiger partial charge in [-0.15, -0.1) is 0 Å². The summed E-state index contributed by atoms with van der Waals surface area (Å²) in [6, 6.07) is 9.20. The van der Waals surface area contributed by atoms with Crippen molar-refractivity contribution >= 4 is 5.97 Å². The van der Waals surface area contributed by atoms with Gasteiger partial charge in [-0.1, -0.05) is 30.4 Å². The standard InChI is InChI=1S/C15H18O2/c16-15(13-9-5-4-6-10-13)17-14-11-7-2-1-3-8-12-14/h2,4-7,9-10,14H,1,3,8,11-12H2/b7-2+. The van der Waals surface area contributed by atoms with E-state index in [2.05, 4.69) is 12.2 Å². The molecule has 17 heavy (non-hydrogen) atoms. The van der Waals surface area contributed by atoms with Crippen molar-refractivity contribution in [2.45, 2.75) is 38.2 Å². The number of hydrogen-bond acceptors (Lipinski definition) is 2. The Morgan fingerprint density at radius 1 is 1.12 bits per heavy atom. The summed E-state index contributed by atoms with van der Waals surface area (Å²) in [5.74, 6) is -0.204. The third kappa shape index (κ3) is 3.74. The van der Waals surface area contributed by atoms with Gasteiger partial charge in [0.25, 0.3) is 0 Å². The molecule has 2 rings (SSSR count). The summed E-state index contributed by atoms with van der Waals surface area (Å²) in [6.07, 6.45) is 9.65. The van der Waals surface area contributed by atoms with Crippen molar-refractivity contribution in [2.24, 2.45) is 0 Å². The fourth-order valence-electron chi connectivity index (χ4n) is 2.02. The van der Waals surface area contributed by atoms with Crippen LogP contribution in [-0.4, -0.2) is 12.1 Å². The molecule has 1 aromatic carbocycles. The first kappa shape index (κ1) is 11.9. The molecule has 0 spiro atoms. The molecule has 0 aliphatic heterocycles. The smallest absolute Gasteiger partial charge is 0.338 e.